The summed E-state index contributed by atoms with van der Waals surface area (Å²) in [6.45, 7) is 5.69. The Morgan fingerprint density at radius 2 is 2.00 bits per heavy atom. The van der Waals surface area contributed by atoms with E-state index in [1.807, 2.05) is 37.3 Å². The van der Waals surface area contributed by atoms with Gasteiger partial charge in [-0.25, -0.2) is 9.67 Å². The molecule has 0 unspecified atom stereocenters. The number of primary amides is 1. The van der Waals surface area contributed by atoms with Crippen LogP contribution in [-0.4, -0.2) is 36.4 Å². The zero-order chi connectivity index (χ0) is 22.0. The Morgan fingerprint density at radius 1 is 1.23 bits per heavy atom. The zero-order valence-corrected chi connectivity index (χ0v) is 16.9. The van der Waals surface area contributed by atoms with E-state index in [4.69, 9.17) is 10.8 Å². The minimum absolute atomic E-state index is 0.0148. The molecule has 0 saturated heterocycles. The van der Waals surface area contributed by atoms with E-state index in [0.29, 0.717) is 11.3 Å². The number of rotatable bonds is 7. The van der Waals surface area contributed by atoms with Crippen LogP contribution in [0.1, 0.15) is 11.3 Å². The number of hydrogen-bond acceptors (Lipinski definition) is 5. The van der Waals surface area contributed by atoms with Crippen LogP contribution >= 0.6 is 0 Å². The van der Waals surface area contributed by atoms with Crippen LogP contribution in [0.5, 0.6) is 0 Å². The highest BCUT2D eigenvalue weighted by Gasteiger charge is 2.19. The van der Waals surface area contributed by atoms with E-state index in [1.54, 1.807) is 23.3 Å². The number of amides is 2. The van der Waals surface area contributed by atoms with Crippen LogP contribution < -0.4 is 11.1 Å². The van der Waals surface area contributed by atoms with Crippen molar-refractivity contribution in [3.63, 3.8) is 0 Å². The standard InChI is InChI=1S/C22H21N7O2/c1-3-20(31)25-11-18-21-17(15-10-26-28(12-15)13-19(23)30)8-9-24-22(21)29(27-18)16-6-4-14(2)5-7-16/h3-10,12H,1,11,13H2,2H3,(H2,23,30)(H,25,31). The number of hydrogen-bond donors (Lipinski definition) is 2. The summed E-state index contributed by atoms with van der Waals surface area (Å²) in [5.74, 6) is -0.771. The van der Waals surface area contributed by atoms with Crippen LogP contribution in [0.2, 0.25) is 0 Å². The molecule has 0 spiro atoms. The van der Waals surface area contributed by atoms with Gasteiger partial charge >= 0.3 is 0 Å². The van der Waals surface area contributed by atoms with Crippen LogP contribution in [0, 0.1) is 6.92 Å². The van der Waals surface area contributed by atoms with Crippen molar-refractivity contribution in [2.24, 2.45) is 5.73 Å². The number of carbonyl (C=O) groups is 2. The quantitative estimate of drug-likeness (QED) is 0.447. The third-order valence-corrected chi connectivity index (χ3v) is 4.80. The van der Waals surface area contributed by atoms with Gasteiger partial charge in [0.2, 0.25) is 11.8 Å². The van der Waals surface area contributed by atoms with Crippen LogP contribution in [0.25, 0.3) is 27.8 Å². The largest absolute Gasteiger partial charge is 0.368 e. The highest BCUT2D eigenvalue weighted by Crippen LogP contribution is 2.31. The lowest BCUT2D eigenvalue weighted by molar-refractivity contribution is -0.119. The second-order valence-electron chi connectivity index (χ2n) is 7.07. The van der Waals surface area contributed by atoms with Gasteiger partial charge in [0, 0.05) is 18.0 Å². The smallest absolute Gasteiger partial charge is 0.243 e. The van der Waals surface area contributed by atoms with Gasteiger partial charge in [-0.3, -0.25) is 14.3 Å². The SMILES string of the molecule is C=CC(=O)NCc1nn(-c2ccc(C)cc2)c2nccc(-c3cnn(CC(N)=O)c3)c12. The van der Waals surface area contributed by atoms with Crippen molar-refractivity contribution in [3.8, 4) is 16.8 Å². The van der Waals surface area contributed by atoms with E-state index in [2.05, 4.69) is 22.0 Å². The van der Waals surface area contributed by atoms with Gasteiger partial charge in [-0.15, -0.1) is 0 Å². The van der Waals surface area contributed by atoms with E-state index in [9.17, 15) is 9.59 Å². The maximum absolute atomic E-state index is 11.8. The Morgan fingerprint density at radius 3 is 2.71 bits per heavy atom. The molecule has 0 fully saturated rings. The van der Waals surface area contributed by atoms with Gasteiger partial charge in [0.1, 0.15) is 6.54 Å². The lowest BCUT2D eigenvalue weighted by Crippen LogP contribution is -2.20. The van der Waals surface area contributed by atoms with Crippen molar-refractivity contribution in [1.82, 2.24) is 29.9 Å². The molecule has 156 valence electrons. The molecule has 0 aliphatic heterocycles. The number of nitrogens with zero attached hydrogens (tertiary/aromatic N) is 5. The highest BCUT2D eigenvalue weighted by atomic mass is 16.1. The molecule has 0 atom stereocenters. The molecule has 9 nitrogen and oxygen atoms in total. The molecule has 0 radical (unpaired) electrons. The molecule has 3 aromatic heterocycles. The topological polar surface area (TPSA) is 121 Å². The Labute approximate surface area is 178 Å². The summed E-state index contributed by atoms with van der Waals surface area (Å²) in [5.41, 5.74) is 10.2. The normalized spacial score (nSPS) is 10.9. The number of aromatic nitrogens is 5. The molecular formula is C22H21N7O2. The molecule has 1 aromatic carbocycles. The molecule has 2 amide bonds. The average Bonchev–Trinajstić information content (AvgIpc) is 3.37. The highest BCUT2D eigenvalue weighted by molar-refractivity contribution is 5.95. The number of aryl methyl sites for hydroxylation is 1. The zero-order valence-electron chi connectivity index (χ0n) is 16.9. The summed E-state index contributed by atoms with van der Waals surface area (Å²) < 4.78 is 3.23. The first-order valence-corrected chi connectivity index (χ1v) is 9.61. The molecule has 4 aromatic rings. The van der Waals surface area contributed by atoms with Crippen molar-refractivity contribution in [2.45, 2.75) is 20.0 Å². The molecule has 9 heteroatoms. The van der Waals surface area contributed by atoms with Crippen molar-refractivity contribution in [1.29, 1.82) is 0 Å². The summed E-state index contributed by atoms with van der Waals surface area (Å²) in [5, 5.41) is 12.5. The third kappa shape index (κ3) is 4.06. The summed E-state index contributed by atoms with van der Waals surface area (Å²) in [4.78, 5) is 27.5. The van der Waals surface area contributed by atoms with Gasteiger partial charge in [0.15, 0.2) is 5.65 Å². The summed E-state index contributed by atoms with van der Waals surface area (Å²) in [6.07, 6.45) is 6.32. The number of pyridine rings is 1. The Balaban J connectivity index is 1.87. The van der Waals surface area contributed by atoms with Gasteiger partial charge in [0.25, 0.3) is 0 Å². The third-order valence-electron chi connectivity index (χ3n) is 4.80. The molecular weight excluding hydrogens is 394 g/mol. The molecule has 4 rings (SSSR count). The summed E-state index contributed by atoms with van der Waals surface area (Å²) in [7, 11) is 0. The first-order valence-electron chi connectivity index (χ1n) is 9.61. The number of benzene rings is 1. The fourth-order valence-electron chi connectivity index (χ4n) is 3.34. The van der Waals surface area contributed by atoms with Crippen LogP contribution in [0.3, 0.4) is 0 Å². The first kappa shape index (κ1) is 20.0. The molecule has 0 saturated carbocycles. The van der Waals surface area contributed by atoms with Gasteiger partial charge < -0.3 is 11.1 Å². The second kappa shape index (κ2) is 8.23. The number of nitrogens with one attached hydrogen (secondary N) is 1. The van der Waals surface area contributed by atoms with E-state index in [0.717, 1.165) is 27.8 Å². The van der Waals surface area contributed by atoms with E-state index < -0.39 is 5.91 Å². The van der Waals surface area contributed by atoms with Crippen LogP contribution in [0.15, 0.2) is 61.6 Å². The molecule has 3 heterocycles. The lowest BCUT2D eigenvalue weighted by Gasteiger charge is -2.04. The first-order chi connectivity index (χ1) is 15.0. The van der Waals surface area contributed by atoms with Crippen LogP contribution in [-0.2, 0) is 22.7 Å². The van der Waals surface area contributed by atoms with Crippen molar-refractivity contribution in [3.05, 3.63) is 72.8 Å². The predicted octanol–water partition coefficient (Wildman–Crippen LogP) is 1.88. The minimum Gasteiger partial charge on any atom is -0.368 e. The minimum atomic E-state index is -0.477. The number of carbonyl (C=O) groups excluding carboxylic acids is 2. The number of nitrogens with two attached hydrogens (primary N) is 1. The summed E-state index contributed by atoms with van der Waals surface area (Å²) in [6, 6.07) is 9.79. The van der Waals surface area contributed by atoms with E-state index >= 15 is 0 Å². The van der Waals surface area contributed by atoms with Gasteiger partial charge in [-0.1, -0.05) is 24.3 Å². The van der Waals surface area contributed by atoms with Crippen molar-refractivity contribution in [2.75, 3.05) is 0 Å². The molecule has 3 N–H and O–H groups in total. The second-order valence-corrected chi connectivity index (χ2v) is 7.07. The fraction of sp³-hybridized carbons (Fsp3) is 0.136. The average molecular weight is 415 g/mol. The summed E-state index contributed by atoms with van der Waals surface area (Å²) >= 11 is 0. The van der Waals surface area contributed by atoms with Gasteiger partial charge in [0.05, 0.1) is 29.5 Å². The number of fused-ring (bicyclic) bond motifs is 1. The van der Waals surface area contributed by atoms with E-state index in [1.165, 1.54) is 10.8 Å². The fourth-order valence-corrected chi connectivity index (χ4v) is 3.34. The maximum atomic E-state index is 11.8. The van der Waals surface area contributed by atoms with Crippen molar-refractivity contribution >= 4 is 22.8 Å². The Kier molecular flexibility index (Phi) is 5.31. The van der Waals surface area contributed by atoms with Crippen molar-refractivity contribution < 1.29 is 9.59 Å². The van der Waals surface area contributed by atoms with Gasteiger partial charge in [-0.05, 0) is 36.8 Å². The lowest BCUT2D eigenvalue weighted by atomic mass is 10.1. The van der Waals surface area contributed by atoms with E-state index in [-0.39, 0.29) is 19.0 Å². The Bertz CT molecular complexity index is 1290. The molecule has 0 aliphatic carbocycles. The monoisotopic (exact) mass is 415 g/mol. The van der Waals surface area contributed by atoms with Crippen LogP contribution in [0.4, 0.5) is 0 Å². The molecule has 31 heavy (non-hydrogen) atoms. The Hall–Kier alpha value is -4.27. The molecule has 0 bridgehead atoms. The molecule has 0 aliphatic rings. The maximum Gasteiger partial charge on any atom is 0.243 e. The predicted molar refractivity (Wildman–Crippen MR) is 116 cm³/mol. The van der Waals surface area contributed by atoms with Gasteiger partial charge in [-0.2, -0.15) is 10.2 Å².